The van der Waals surface area contributed by atoms with Crippen molar-refractivity contribution in [2.24, 2.45) is 5.41 Å². The number of nitrogens with two attached hydrogens (primary N) is 1. The Morgan fingerprint density at radius 2 is 2.19 bits per heavy atom. The van der Waals surface area contributed by atoms with Gasteiger partial charge in [0, 0.05) is 23.6 Å². The lowest BCUT2D eigenvalue weighted by molar-refractivity contribution is 0.161. The normalized spacial score (nSPS) is 25.9. The Balaban J connectivity index is 2.53. The lowest BCUT2D eigenvalue weighted by Crippen LogP contribution is -2.48. The average Bonchev–Trinajstić information content (AvgIpc) is 2.67. The summed E-state index contributed by atoms with van der Waals surface area (Å²) in [7, 11) is 0. The van der Waals surface area contributed by atoms with E-state index in [2.05, 4.69) is 31.1 Å². The Bertz CT molecular complexity index is 373. The zero-order valence-corrected chi connectivity index (χ0v) is 10.4. The van der Waals surface area contributed by atoms with Crippen molar-refractivity contribution >= 4 is 5.69 Å². The van der Waals surface area contributed by atoms with E-state index in [1.54, 1.807) is 6.20 Å². The first-order valence-electron chi connectivity index (χ1n) is 5.92. The summed E-state index contributed by atoms with van der Waals surface area (Å²) in [6.45, 7) is 7.85. The second-order valence-electron chi connectivity index (χ2n) is 5.65. The molecule has 1 aromatic rings. The molecule has 0 aliphatic carbocycles. The number of nitrogen functional groups attached to an aromatic ring is 1. The van der Waals surface area contributed by atoms with Crippen molar-refractivity contribution in [1.82, 2.24) is 10.3 Å². The van der Waals surface area contributed by atoms with Gasteiger partial charge >= 0.3 is 0 Å². The highest BCUT2D eigenvalue weighted by Gasteiger charge is 2.46. The minimum absolute atomic E-state index is 0.0225. The summed E-state index contributed by atoms with van der Waals surface area (Å²) >= 11 is 0. The minimum Gasteiger partial charge on any atom is -0.398 e. The summed E-state index contributed by atoms with van der Waals surface area (Å²) in [4.78, 5) is 4.23. The first-order chi connectivity index (χ1) is 7.47. The molecular formula is C13H21N3. The van der Waals surface area contributed by atoms with Crippen molar-refractivity contribution in [2.45, 2.75) is 39.2 Å². The zero-order chi connectivity index (χ0) is 11.8. The van der Waals surface area contributed by atoms with Gasteiger partial charge in [-0.15, -0.1) is 0 Å². The van der Waals surface area contributed by atoms with Crippen molar-refractivity contribution in [1.29, 1.82) is 0 Å². The van der Waals surface area contributed by atoms with Crippen LogP contribution in [0.25, 0.3) is 0 Å². The van der Waals surface area contributed by atoms with Crippen molar-refractivity contribution in [3.05, 3.63) is 24.0 Å². The van der Waals surface area contributed by atoms with E-state index < -0.39 is 0 Å². The van der Waals surface area contributed by atoms with Crippen molar-refractivity contribution < 1.29 is 0 Å². The molecule has 0 bridgehead atoms. The summed E-state index contributed by atoms with van der Waals surface area (Å²) < 4.78 is 0. The number of nitrogens with one attached hydrogen (secondary N) is 1. The maximum atomic E-state index is 6.10. The van der Waals surface area contributed by atoms with Crippen LogP contribution < -0.4 is 11.1 Å². The fourth-order valence-corrected chi connectivity index (χ4v) is 2.78. The Morgan fingerprint density at radius 3 is 2.69 bits per heavy atom. The van der Waals surface area contributed by atoms with Gasteiger partial charge in [0.2, 0.25) is 0 Å². The third-order valence-corrected chi connectivity index (χ3v) is 3.75. The number of rotatable bonds is 1. The minimum atomic E-state index is -0.0225. The highest BCUT2D eigenvalue weighted by atomic mass is 15.0. The molecule has 1 aromatic heterocycles. The average molecular weight is 219 g/mol. The van der Waals surface area contributed by atoms with Gasteiger partial charge in [-0.05, 0) is 30.9 Å². The molecule has 0 amide bonds. The van der Waals surface area contributed by atoms with Crippen molar-refractivity contribution in [3.63, 3.8) is 0 Å². The van der Waals surface area contributed by atoms with Gasteiger partial charge in [-0.1, -0.05) is 20.8 Å². The molecule has 2 heterocycles. The van der Waals surface area contributed by atoms with Gasteiger partial charge in [-0.3, -0.25) is 4.98 Å². The van der Waals surface area contributed by atoms with Crippen LogP contribution in [-0.4, -0.2) is 11.5 Å². The monoisotopic (exact) mass is 219 g/mol. The molecule has 1 aliphatic rings. The Morgan fingerprint density at radius 1 is 1.44 bits per heavy atom. The second kappa shape index (κ2) is 3.74. The molecule has 1 saturated heterocycles. The molecular weight excluding hydrogens is 198 g/mol. The van der Waals surface area contributed by atoms with Crippen LogP contribution in [0.1, 0.15) is 39.2 Å². The summed E-state index contributed by atoms with van der Waals surface area (Å²) in [5, 5.41) is 3.65. The molecule has 3 nitrogen and oxygen atoms in total. The van der Waals surface area contributed by atoms with Crippen LogP contribution in [0.5, 0.6) is 0 Å². The molecule has 16 heavy (non-hydrogen) atoms. The standard InChI is InChI=1S/C13H21N3/c1-12(2,3)13(6-4-7-16-13)10-9-15-8-5-11(10)14/h5,8-9,16H,4,6-7H2,1-3H3,(H2,14,15). The lowest BCUT2D eigenvalue weighted by Gasteiger charge is -2.43. The maximum Gasteiger partial charge on any atom is 0.0520 e. The molecule has 2 rings (SSSR count). The lowest BCUT2D eigenvalue weighted by atomic mass is 9.68. The number of pyridine rings is 1. The number of nitrogens with zero attached hydrogens (tertiary/aromatic N) is 1. The third kappa shape index (κ3) is 1.59. The summed E-state index contributed by atoms with van der Waals surface area (Å²) in [5.41, 5.74) is 8.22. The molecule has 0 aromatic carbocycles. The van der Waals surface area contributed by atoms with Crippen LogP contribution in [-0.2, 0) is 5.54 Å². The molecule has 1 atom stereocenters. The van der Waals surface area contributed by atoms with Gasteiger partial charge in [0.05, 0.1) is 5.54 Å². The van der Waals surface area contributed by atoms with Crippen molar-refractivity contribution in [3.8, 4) is 0 Å². The SMILES string of the molecule is CC(C)(C)C1(c2cnccc2N)CCCN1. The van der Waals surface area contributed by atoms with Gasteiger partial charge in [-0.25, -0.2) is 0 Å². The van der Waals surface area contributed by atoms with Gasteiger partial charge in [0.15, 0.2) is 0 Å². The van der Waals surface area contributed by atoms with Crippen LogP contribution in [0.4, 0.5) is 5.69 Å². The third-order valence-electron chi connectivity index (χ3n) is 3.75. The van der Waals surface area contributed by atoms with E-state index in [0.29, 0.717) is 0 Å². The Hall–Kier alpha value is -1.09. The fraction of sp³-hybridized carbons (Fsp3) is 0.615. The Kier molecular flexibility index (Phi) is 2.66. The predicted octanol–water partition coefficient (Wildman–Crippen LogP) is 2.29. The molecule has 3 N–H and O–H groups in total. The number of hydrogen-bond donors (Lipinski definition) is 2. The van der Waals surface area contributed by atoms with Gasteiger partial charge in [-0.2, -0.15) is 0 Å². The van der Waals surface area contributed by atoms with E-state index in [0.717, 1.165) is 24.2 Å². The van der Waals surface area contributed by atoms with Crippen LogP contribution in [0.3, 0.4) is 0 Å². The summed E-state index contributed by atoms with van der Waals surface area (Å²) in [6.07, 6.45) is 6.00. The molecule has 3 heteroatoms. The number of anilines is 1. The molecule has 1 unspecified atom stereocenters. The quantitative estimate of drug-likeness (QED) is 0.762. The first kappa shape index (κ1) is 11.4. The van der Waals surface area contributed by atoms with Gasteiger partial charge < -0.3 is 11.1 Å². The van der Waals surface area contributed by atoms with Crippen LogP contribution >= 0.6 is 0 Å². The Labute approximate surface area is 97.5 Å². The molecule has 88 valence electrons. The molecule has 0 saturated carbocycles. The maximum absolute atomic E-state index is 6.10. The van der Waals surface area contributed by atoms with Crippen molar-refractivity contribution in [2.75, 3.05) is 12.3 Å². The van der Waals surface area contributed by atoms with E-state index in [9.17, 15) is 0 Å². The first-order valence-corrected chi connectivity index (χ1v) is 5.92. The molecule has 1 fully saturated rings. The van der Waals surface area contributed by atoms with E-state index in [4.69, 9.17) is 5.73 Å². The largest absolute Gasteiger partial charge is 0.398 e. The van der Waals surface area contributed by atoms with E-state index in [-0.39, 0.29) is 11.0 Å². The number of aromatic nitrogens is 1. The highest BCUT2D eigenvalue weighted by molar-refractivity contribution is 5.50. The van der Waals surface area contributed by atoms with E-state index in [1.807, 2.05) is 12.3 Å². The topological polar surface area (TPSA) is 50.9 Å². The van der Waals surface area contributed by atoms with E-state index >= 15 is 0 Å². The fourth-order valence-electron chi connectivity index (χ4n) is 2.78. The summed E-state index contributed by atoms with van der Waals surface area (Å²) in [6, 6.07) is 1.89. The van der Waals surface area contributed by atoms with Crippen LogP contribution in [0.15, 0.2) is 18.5 Å². The molecule has 1 aliphatic heterocycles. The smallest absolute Gasteiger partial charge is 0.0520 e. The molecule has 0 spiro atoms. The zero-order valence-electron chi connectivity index (χ0n) is 10.4. The van der Waals surface area contributed by atoms with Gasteiger partial charge in [0.1, 0.15) is 0 Å². The van der Waals surface area contributed by atoms with Crippen LogP contribution in [0, 0.1) is 5.41 Å². The molecule has 0 radical (unpaired) electrons. The second-order valence-corrected chi connectivity index (χ2v) is 5.65. The van der Waals surface area contributed by atoms with Gasteiger partial charge in [0.25, 0.3) is 0 Å². The predicted molar refractivity (Wildman–Crippen MR) is 67.0 cm³/mol. The van der Waals surface area contributed by atoms with Crippen LogP contribution in [0.2, 0.25) is 0 Å². The highest BCUT2D eigenvalue weighted by Crippen LogP contribution is 2.46. The summed E-state index contributed by atoms with van der Waals surface area (Å²) in [5.74, 6) is 0. The van der Waals surface area contributed by atoms with E-state index in [1.165, 1.54) is 6.42 Å². The number of hydrogen-bond acceptors (Lipinski definition) is 3.